The highest BCUT2D eigenvalue weighted by Gasteiger charge is 2.25. The van der Waals surface area contributed by atoms with Crippen LogP contribution in [0.1, 0.15) is 6.42 Å². The van der Waals surface area contributed by atoms with Crippen LogP contribution in [0.15, 0.2) is 59.5 Å². The number of para-hydroxylation sites is 1. The van der Waals surface area contributed by atoms with Gasteiger partial charge < -0.3 is 10.2 Å². The lowest BCUT2D eigenvalue weighted by Gasteiger charge is -2.17. The van der Waals surface area contributed by atoms with E-state index >= 15 is 0 Å². The number of thioether (sulfide) groups is 1. The first-order valence-corrected chi connectivity index (χ1v) is 9.05. The summed E-state index contributed by atoms with van der Waals surface area (Å²) in [7, 11) is 0. The van der Waals surface area contributed by atoms with Gasteiger partial charge in [-0.2, -0.15) is 0 Å². The van der Waals surface area contributed by atoms with Crippen molar-refractivity contribution in [1.29, 1.82) is 0 Å². The second kappa shape index (κ2) is 7.75. The third-order valence-electron chi connectivity index (χ3n) is 3.86. The molecule has 1 atom stereocenters. The molecule has 1 aliphatic rings. The summed E-state index contributed by atoms with van der Waals surface area (Å²) in [6.07, 6.45) is 0.992. The topological polar surface area (TPSA) is 32.3 Å². The molecule has 1 saturated heterocycles. The molecule has 1 unspecified atom stereocenters. The Bertz CT molecular complexity index is 648. The summed E-state index contributed by atoms with van der Waals surface area (Å²) in [6.45, 7) is 1.60. The van der Waals surface area contributed by atoms with Gasteiger partial charge in [0.25, 0.3) is 0 Å². The minimum atomic E-state index is 0.197. The lowest BCUT2D eigenvalue weighted by Crippen LogP contribution is -2.32. The molecule has 3 rings (SSSR count). The average Bonchev–Trinajstić information content (AvgIpc) is 3.03. The van der Waals surface area contributed by atoms with Gasteiger partial charge in [-0.15, -0.1) is 11.8 Å². The van der Waals surface area contributed by atoms with Crippen LogP contribution in [0.3, 0.4) is 0 Å². The van der Waals surface area contributed by atoms with E-state index in [1.165, 1.54) is 0 Å². The Balaban J connectivity index is 1.46. The first-order valence-electron chi connectivity index (χ1n) is 7.68. The highest BCUT2D eigenvalue weighted by Crippen LogP contribution is 2.22. The van der Waals surface area contributed by atoms with Gasteiger partial charge in [0.15, 0.2) is 0 Å². The molecule has 5 heteroatoms. The van der Waals surface area contributed by atoms with Crippen LogP contribution in [0.25, 0.3) is 0 Å². The molecule has 0 bridgehead atoms. The minimum Gasteiger partial charge on any atom is -0.380 e. The molecule has 1 fully saturated rings. The summed E-state index contributed by atoms with van der Waals surface area (Å²) in [5.41, 5.74) is 1.11. The van der Waals surface area contributed by atoms with Crippen molar-refractivity contribution in [3.05, 3.63) is 59.6 Å². The fourth-order valence-electron chi connectivity index (χ4n) is 2.64. The maximum atomic E-state index is 12.3. The third-order valence-corrected chi connectivity index (χ3v) is 5.11. The number of likely N-dealkylation sites (tertiary alicyclic amines) is 1. The van der Waals surface area contributed by atoms with Crippen LogP contribution < -0.4 is 5.32 Å². The molecule has 3 nitrogen and oxygen atoms in total. The Labute approximate surface area is 146 Å². The predicted molar refractivity (Wildman–Crippen MR) is 97.2 cm³/mol. The van der Waals surface area contributed by atoms with Crippen molar-refractivity contribution >= 4 is 35.0 Å². The van der Waals surface area contributed by atoms with Gasteiger partial charge in [0.05, 0.1) is 5.75 Å². The Morgan fingerprint density at radius 2 is 1.91 bits per heavy atom. The number of anilines is 1. The number of hydrogen-bond donors (Lipinski definition) is 1. The number of hydrogen-bond acceptors (Lipinski definition) is 3. The van der Waals surface area contributed by atoms with Crippen LogP contribution in [0, 0.1) is 0 Å². The van der Waals surface area contributed by atoms with Crippen molar-refractivity contribution in [1.82, 2.24) is 4.90 Å². The number of carbonyl (C=O) groups excluding carboxylic acids is 1. The van der Waals surface area contributed by atoms with Crippen molar-refractivity contribution in [2.24, 2.45) is 0 Å². The predicted octanol–water partition coefficient (Wildman–Crippen LogP) is 4.15. The van der Waals surface area contributed by atoms with E-state index in [-0.39, 0.29) is 5.91 Å². The van der Waals surface area contributed by atoms with Gasteiger partial charge in [-0.05, 0) is 42.8 Å². The molecule has 0 spiro atoms. The molecular formula is C18H19ClN2OS. The molecule has 1 aliphatic heterocycles. The van der Waals surface area contributed by atoms with E-state index in [4.69, 9.17) is 11.6 Å². The van der Waals surface area contributed by atoms with Crippen molar-refractivity contribution in [2.45, 2.75) is 17.4 Å². The van der Waals surface area contributed by atoms with Gasteiger partial charge in [0.1, 0.15) is 0 Å². The molecule has 23 heavy (non-hydrogen) atoms. The van der Waals surface area contributed by atoms with Crippen molar-refractivity contribution < 1.29 is 4.79 Å². The van der Waals surface area contributed by atoms with Gasteiger partial charge in [-0.25, -0.2) is 0 Å². The van der Waals surface area contributed by atoms with E-state index in [2.05, 4.69) is 17.4 Å². The number of halogens is 1. The maximum Gasteiger partial charge on any atom is 0.233 e. The van der Waals surface area contributed by atoms with Crippen molar-refractivity contribution in [2.75, 3.05) is 24.2 Å². The van der Waals surface area contributed by atoms with Gasteiger partial charge in [0, 0.05) is 34.7 Å². The highest BCUT2D eigenvalue weighted by atomic mass is 35.5. The van der Waals surface area contributed by atoms with E-state index in [0.717, 1.165) is 35.1 Å². The molecule has 120 valence electrons. The van der Waals surface area contributed by atoms with Crippen LogP contribution in [0.2, 0.25) is 5.02 Å². The van der Waals surface area contributed by atoms with E-state index in [0.29, 0.717) is 11.8 Å². The summed E-state index contributed by atoms with van der Waals surface area (Å²) in [5, 5.41) is 4.21. The zero-order chi connectivity index (χ0) is 16.1. The Morgan fingerprint density at radius 1 is 1.17 bits per heavy atom. The normalized spacial score (nSPS) is 17.3. The van der Waals surface area contributed by atoms with E-state index in [1.807, 2.05) is 47.4 Å². The number of nitrogens with zero attached hydrogens (tertiary/aromatic N) is 1. The maximum absolute atomic E-state index is 12.3. The molecule has 0 aliphatic carbocycles. The number of benzene rings is 2. The van der Waals surface area contributed by atoms with E-state index < -0.39 is 0 Å². The molecule has 1 heterocycles. The SMILES string of the molecule is O=C(CSc1ccc(Cl)cc1)N1CCC(Nc2ccccc2)C1. The van der Waals surface area contributed by atoms with Crippen LogP contribution in [-0.4, -0.2) is 35.7 Å². The van der Waals surface area contributed by atoms with Crippen LogP contribution in [-0.2, 0) is 4.79 Å². The number of rotatable bonds is 5. The zero-order valence-corrected chi connectivity index (χ0v) is 14.3. The molecular weight excluding hydrogens is 328 g/mol. The van der Waals surface area contributed by atoms with Gasteiger partial charge in [-0.3, -0.25) is 4.79 Å². The lowest BCUT2D eigenvalue weighted by molar-refractivity contribution is -0.127. The van der Waals surface area contributed by atoms with Crippen molar-refractivity contribution in [3.8, 4) is 0 Å². The second-order valence-electron chi connectivity index (χ2n) is 5.58. The summed E-state index contributed by atoms with van der Waals surface area (Å²) in [6, 6.07) is 18.1. The Kier molecular flexibility index (Phi) is 5.47. The molecule has 2 aromatic carbocycles. The Hall–Kier alpha value is -1.65. The lowest BCUT2D eigenvalue weighted by atomic mass is 10.2. The fourth-order valence-corrected chi connectivity index (χ4v) is 3.57. The Morgan fingerprint density at radius 3 is 2.65 bits per heavy atom. The van der Waals surface area contributed by atoms with E-state index in [9.17, 15) is 4.79 Å². The first-order chi connectivity index (χ1) is 11.2. The highest BCUT2D eigenvalue weighted by molar-refractivity contribution is 8.00. The average molecular weight is 347 g/mol. The number of carbonyl (C=O) groups is 1. The number of amides is 1. The fraction of sp³-hybridized carbons (Fsp3) is 0.278. The summed E-state index contributed by atoms with van der Waals surface area (Å²) in [4.78, 5) is 15.4. The molecule has 0 saturated carbocycles. The van der Waals surface area contributed by atoms with Crippen molar-refractivity contribution in [3.63, 3.8) is 0 Å². The molecule has 1 N–H and O–H groups in total. The number of nitrogens with one attached hydrogen (secondary N) is 1. The summed E-state index contributed by atoms with van der Waals surface area (Å²) >= 11 is 7.43. The van der Waals surface area contributed by atoms with Gasteiger partial charge >= 0.3 is 0 Å². The molecule has 0 radical (unpaired) electrons. The molecule has 2 aromatic rings. The third kappa shape index (κ3) is 4.66. The largest absolute Gasteiger partial charge is 0.380 e. The summed E-state index contributed by atoms with van der Waals surface area (Å²) < 4.78 is 0. The minimum absolute atomic E-state index is 0.197. The quantitative estimate of drug-likeness (QED) is 0.825. The van der Waals surface area contributed by atoms with Crippen LogP contribution in [0.5, 0.6) is 0 Å². The van der Waals surface area contributed by atoms with Crippen LogP contribution >= 0.6 is 23.4 Å². The zero-order valence-electron chi connectivity index (χ0n) is 12.7. The molecule has 1 amide bonds. The van der Waals surface area contributed by atoms with Gasteiger partial charge in [-0.1, -0.05) is 29.8 Å². The first kappa shape index (κ1) is 16.2. The monoisotopic (exact) mass is 346 g/mol. The summed E-state index contributed by atoms with van der Waals surface area (Å²) in [5.74, 6) is 0.668. The van der Waals surface area contributed by atoms with Crippen LogP contribution in [0.4, 0.5) is 5.69 Å². The molecule has 0 aromatic heterocycles. The second-order valence-corrected chi connectivity index (χ2v) is 7.06. The standard InChI is InChI=1S/C18H19ClN2OS/c19-14-6-8-17(9-7-14)23-13-18(22)21-11-10-16(12-21)20-15-4-2-1-3-5-15/h1-9,16,20H,10-13H2. The van der Waals surface area contributed by atoms with Gasteiger partial charge in [0.2, 0.25) is 5.91 Å². The smallest absolute Gasteiger partial charge is 0.233 e. The van der Waals surface area contributed by atoms with E-state index in [1.54, 1.807) is 11.8 Å².